The number of aryl methyl sites for hydroxylation is 1. The molecule has 0 aliphatic rings. The zero-order valence-electron chi connectivity index (χ0n) is 10.00. The quantitative estimate of drug-likeness (QED) is 0.870. The van der Waals surface area contributed by atoms with Crippen LogP contribution < -0.4 is 4.74 Å². The summed E-state index contributed by atoms with van der Waals surface area (Å²) < 4.78 is 7.04. The Balaban J connectivity index is 2.32. The van der Waals surface area contributed by atoms with Crippen molar-refractivity contribution in [3.8, 4) is 5.75 Å². The maximum Gasteiger partial charge on any atom is 0.118 e. The van der Waals surface area contributed by atoms with Crippen molar-refractivity contribution < 1.29 is 9.84 Å². The van der Waals surface area contributed by atoms with Crippen molar-refractivity contribution in [2.24, 2.45) is 7.05 Å². The number of aliphatic hydroxyl groups is 1. The second-order valence-corrected chi connectivity index (χ2v) is 3.90. The van der Waals surface area contributed by atoms with Gasteiger partial charge in [-0.05, 0) is 17.7 Å². The first kappa shape index (κ1) is 11.7. The van der Waals surface area contributed by atoms with E-state index in [9.17, 15) is 5.11 Å². The lowest BCUT2D eigenvalue weighted by molar-refractivity contribution is 0.275. The van der Waals surface area contributed by atoms with Gasteiger partial charge in [0, 0.05) is 19.4 Å². The molecule has 1 aromatic heterocycles. The molecular formula is C13H16N2O2. The molecule has 4 nitrogen and oxygen atoms in total. The number of benzene rings is 1. The lowest BCUT2D eigenvalue weighted by Gasteiger charge is -2.14. The monoisotopic (exact) mass is 232 g/mol. The highest BCUT2D eigenvalue weighted by molar-refractivity contribution is 5.32. The van der Waals surface area contributed by atoms with E-state index in [1.807, 2.05) is 42.1 Å². The van der Waals surface area contributed by atoms with Gasteiger partial charge in [0.2, 0.25) is 0 Å². The van der Waals surface area contributed by atoms with Crippen LogP contribution in [0.4, 0.5) is 0 Å². The van der Waals surface area contributed by atoms with E-state index in [0.29, 0.717) is 0 Å². The van der Waals surface area contributed by atoms with Crippen LogP contribution in [-0.2, 0) is 7.05 Å². The molecule has 0 aliphatic carbocycles. The minimum absolute atomic E-state index is 0.0389. The second-order valence-electron chi connectivity index (χ2n) is 3.90. The molecule has 1 unspecified atom stereocenters. The predicted octanol–water partition coefficient (Wildman–Crippen LogP) is 1.55. The Hall–Kier alpha value is -1.81. The van der Waals surface area contributed by atoms with Gasteiger partial charge in [0.05, 0.1) is 19.6 Å². The molecule has 4 heteroatoms. The van der Waals surface area contributed by atoms with E-state index in [1.165, 1.54) is 0 Å². The molecule has 90 valence electrons. The van der Waals surface area contributed by atoms with Gasteiger partial charge in [0.25, 0.3) is 0 Å². The number of hydrogen-bond donors (Lipinski definition) is 1. The van der Waals surface area contributed by atoms with Crippen LogP contribution in [0.15, 0.2) is 36.7 Å². The van der Waals surface area contributed by atoms with E-state index in [2.05, 4.69) is 4.98 Å². The van der Waals surface area contributed by atoms with E-state index in [1.54, 1.807) is 13.3 Å². The largest absolute Gasteiger partial charge is 0.497 e. The number of aromatic nitrogens is 2. The Labute approximate surface area is 100 Å². The first-order chi connectivity index (χ1) is 8.26. The van der Waals surface area contributed by atoms with Gasteiger partial charge in [-0.15, -0.1) is 0 Å². The van der Waals surface area contributed by atoms with Crippen molar-refractivity contribution in [2.75, 3.05) is 13.7 Å². The van der Waals surface area contributed by atoms with E-state index >= 15 is 0 Å². The predicted molar refractivity (Wildman–Crippen MR) is 65.1 cm³/mol. The molecule has 0 saturated carbocycles. The van der Waals surface area contributed by atoms with Gasteiger partial charge in [-0.3, -0.25) is 0 Å². The number of ether oxygens (including phenoxy) is 1. The summed E-state index contributed by atoms with van der Waals surface area (Å²) in [6, 6.07) is 7.69. The van der Waals surface area contributed by atoms with Crippen molar-refractivity contribution in [2.45, 2.75) is 5.92 Å². The highest BCUT2D eigenvalue weighted by Crippen LogP contribution is 2.24. The van der Waals surface area contributed by atoms with E-state index < -0.39 is 0 Å². The number of rotatable bonds is 4. The highest BCUT2D eigenvalue weighted by atomic mass is 16.5. The Morgan fingerprint density at radius 1 is 1.35 bits per heavy atom. The van der Waals surface area contributed by atoms with Crippen molar-refractivity contribution in [1.29, 1.82) is 0 Å². The van der Waals surface area contributed by atoms with Gasteiger partial charge in [-0.25, -0.2) is 4.98 Å². The lowest BCUT2D eigenvalue weighted by Crippen LogP contribution is -2.11. The third kappa shape index (κ3) is 2.31. The summed E-state index contributed by atoms with van der Waals surface area (Å²) in [6.07, 6.45) is 3.61. The molecule has 1 aromatic carbocycles. The SMILES string of the molecule is COc1ccc(C(CO)c2nccn2C)cc1. The standard InChI is InChI=1S/C13H16N2O2/c1-15-8-7-14-13(15)12(9-16)10-3-5-11(17-2)6-4-10/h3-8,12,16H,9H2,1-2H3. The fourth-order valence-electron chi connectivity index (χ4n) is 1.89. The van der Waals surface area contributed by atoms with Crippen LogP contribution in [0.2, 0.25) is 0 Å². The number of imidazole rings is 1. The first-order valence-electron chi connectivity index (χ1n) is 5.48. The maximum atomic E-state index is 9.52. The Bertz CT molecular complexity index is 476. The van der Waals surface area contributed by atoms with Crippen molar-refractivity contribution in [3.05, 3.63) is 48.0 Å². The van der Waals surface area contributed by atoms with Crippen LogP contribution >= 0.6 is 0 Å². The van der Waals surface area contributed by atoms with Crippen molar-refractivity contribution in [1.82, 2.24) is 9.55 Å². The number of aliphatic hydroxyl groups excluding tert-OH is 1. The third-order valence-electron chi connectivity index (χ3n) is 2.87. The van der Waals surface area contributed by atoms with Crippen LogP contribution in [0, 0.1) is 0 Å². The molecule has 0 radical (unpaired) electrons. The summed E-state index contributed by atoms with van der Waals surface area (Å²) in [5.74, 6) is 1.57. The molecule has 1 N–H and O–H groups in total. The molecule has 2 rings (SSSR count). The van der Waals surface area contributed by atoms with Crippen LogP contribution in [0.3, 0.4) is 0 Å². The fraction of sp³-hybridized carbons (Fsp3) is 0.308. The fourth-order valence-corrected chi connectivity index (χ4v) is 1.89. The summed E-state index contributed by atoms with van der Waals surface area (Å²) in [6.45, 7) is 0.0389. The van der Waals surface area contributed by atoms with Crippen LogP contribution in [0.25, 0.3) is 0 Å². The average molecular weight is 232 g/mol. The van der Waals surface area contributed by atoms with E-state index in [0.717, 1.165) is 17.1 Å². The molecule has 17 heavy (non-hydrogen) atoms. The lowest BCUT2D eigenvalue weighted by atomic mass is 9.99. The normalized spacial score (nSPS) is 12.4. The second kappa shape index (κ2) is 5.01. The average Bonchev–Trinajstić information content (AvgIpc) is 2.78. The number of methoxy groups -OCH3 is 1. The van der Waals surface area contributed by atoms with Crippen LogP contribution in [0.5, 0.6) is 5.75 Å². The topological polar surface area (TPSA) is 47.3 Å². The summed E-state index contributed by atoms with van der Waals surface area (Å²) in [5.41, 5.74) is 1.03. The minimum atomic E-state index is -0.0964. The van der Waals surface area contributed by atoms with Crippen LogP contribution in [-0.4, -0.2) is 28.4 Å². The van der Waals surface area contributed by atoms with Crippen molar-refractivity contribution >= 4 is 0 Å². The van der Waals surface area contributed by atoms with Crippen molar-refractivity contribution in [3.63, 3.8) is 0 Å². The molecule has 1 heterocycles. The van der Waals surface area contributed by atoms with Gasteiger partial charge < -0.3 is 14.4 Å². The van der Waals surface area contributed by atoms with Gasteiger partial charge in [-0.2, -0.15) is 0 Å². The summed E-state index contributed by atoms with van der Waals surface area (Å²) >= 11 is 0. The zero-order chi connectivity index (χ0) is 12.3. The van der Waals surface area contributed by atoms with E-state index in [4.69, 9.17) is 4.74 Å². The molecular weight excluding hydrogens is 216 g/mol. The first-order valence-corrected chi connectivity index (χ1v) is 5.48. The Morgan fingerprint density at radius 3 is 2.53 bits per heavy atom. The molecule has 0 amide bonds. The molecule has 0 fully saturated rings. The molecule has 1 atom stereocenters. The Morgan fingerprint density at radius 2 is 2.06 bits per heavy atom. The van der Waals surface area contributed by atoms with Gasteiger partial charge in [0.1, 0.15) is 11.6 Å². The van der Waals surface area contributed by atoms with Crippen LogP contribution in [0.1, 0.15) is 17.3 Å². The molecule has 0 saturated heterocycles. The molecule has 2 aromatic rings. The summed E-state index contributed by atoms with van der Waals surface area (Å²) in [7, 11) is 3.56. The smallest absolute Gasteiger partial charge is 0.118 e. The number of nitrogens with zero attached hydrogens (tertiary/aromatic N) is 2. The van der Waals surface area contributed by atoms with E-state index in [-0.39, 0.29) is 12.5 Å². The maximum absolute atomic E-state index is 9.52. The summed E-state index contributed by atoms with van der Waals surface area (Å²) in [4.78, 5) is 4.28. The van der Waals surface area contributed by atoms with Gasteiger partial charge in [-0.1, -0.05) is 12.1 Å². The van der Waals surface area contributed by atoms with Gasteiger partial charge >= 0.3 is 0 Å². The molecule has 0 spiro atoms. The zero-order valence-corrected chi connectivity index (χ0v) is 10.00. The summed E-state index contributed by atoms with van der Waals surface area (Å²) in [5, 5.41) is 9.52. The molecule has 0 aliphatic heterocycles. The van der Waals surface area contributed by atoms with Gasteiger partial charge in [0.15, 0.2) is 0 Å². The minimum Gasteiger partial charge on any atom is -0.497 e. The third-order valence-corrected chi connectivity index (χ3v) is 2.87. The highest BCUT2D eigenvalue weighted by Gasteiger charge is 2.17. The number of hydrogen-bond acceptors (Lipinski definition) is 3. The Kier molecular flexibility index (Phi) is 3.44. The molecule has 0 bridgehead atoms.